The molecule has 0 bridgehead atoms. The smallest absolute Gasteiger partial charge is 0.423 e. The second-order valence-electron chi connectivity index (χ2n) is 3.70. The molecule has 0 saturated carbocycles. The molecule has 92 valence electrons. The van der Waals surface area contributed by atoms with Crippen molar-refractivity contribution in [2.45, 2.75) is 0 Å². The van der Waals surface area contributed by atoms with Gasteiger partial charge in [0.05, 0.1) is 0 Å². The van der Waals surface area contributed by atoms with E-state index >= 15 is 0 Å². The first-order valence-electron chi connectivity index (χ1n) is 5.06. The highest BCUT2D eigenvalue weighted by Crippen LogP contribution is 2.23. The first-order chi connectivity index (χ1) is 8.49. The summed E-state index contributed by atoms with van der Waals surface area (Å²) in [7, 11) is -1.75. The lowest BCUT2D eigenvalue weighted by Crippen LogP contribution is -2.30. The Bertz CT molecular complexity index is 593. The van der Waals surface area contributed by atoms with Crippen LogP contribution in [0.3, 0.4) is 0 Å². The molecule has 0 unspecified atom stereocenters. The van der Waals surface area contributed by atoms with Gasteiger partial charge in [0.15, 0.2) is 11.6 Å². The van der Waals surface area contributed by atoms with E-state index in [1.807, 2.05) is 0 Å². The lowest BCUT2D eigenvalue weighted by atomic mass is 9.79. The van der Waals surface area contributed by atoms with E-state index < -0.39 is 18.8 Å². The van der Waals surface area contributed by atoms with Crippen molar-refractivity contribution in [3.63, 3.8) is 0 Å². The second-order valence-corrected chi connectivity index (χ2v) is 3.70. The Morgan fingerprint density at radius 1 is 1.11 bits per heavy atom. The second kappa shape index (κ2) is 4.71. The quantitative estimate of drug-likeness (QED) is 0.669. The number of rotatable bonds is 2. The number of benzene rings is 1. The Balaban J connectivity index is 2.47. The Kier molecular flexibility index (Phi) is 3.27. The van der Waals surface area contributed by atoms with Gasteiger partial charge in [-0.1, -0.05) is 12.1 Å². The van der Waals surface area contributed by atoms with Crippen molar-refractivity contribution in [3.05, 3.63) is 42.1 Å². The van der Waals surface area contributed by atoms with Gasteiger partial charge in [-0.15, -0.1) is 0 Å². The molecule has 2 aromatic rings. The third kappa shape index (κ3) is 2.32. The highest BCUT2D eigenvalue weighted by Gasteiger charge is 2.15. The van der Waals surface area contributed by atoms with Gasteiger partial charge in [0, 0.05) is 17.3 Å². The zero-order valence-electron chi connectivity index (χ0n) is 9.14. The van der Waals surface area contributed by atoms with Crippen LogP contribution in [-0.2, 0) is 0 Å². The summed E-state index contributed by atoms with van der Waals surface area (Å²) in [4.78, 5) is 3.59. The summed E-state index contributed by atoms with van der Waals surface area (Å²) in [6, 6.07) is 4.68. The molecule has 0 atom stereocenters. The van der Waals surface area contributed by atoms with Crippen LogP contribution >= 0.6 is 0 Å². The van der Waals surface area contributed by atoms with Gasteiger partial charge in [0.25, 0.3) is 0 Å². The summed E-state index contributed by atoms with van der Waals surface area (Å²) in [5.41, 5.74) is 5.56. The number of anilines is 1. The van der Waals surface area contributed by atoms with Gasteiger partial charge >= 0.3 is 7.12 Å². The molecule has 0 fully saturated rings. The third-order valence-electron chi connectivity index (χ3n) is 2.47. The van der Waals surface area contributed by atoms with Crippen molar-refractivity contribution in [1.29, 1.82) is 0 Å². The summed E-state index contributed by atoms with van der Waals surface area (Å²) < 4.78 is 26.9. The molecule has 0 aliphatic heterocycles. The van der Waals surface area contributed by atoms with Crippen LogP contribution in [0.15, 0.2) is 30.5 Å². The molecule has 2 rings (SSSR count). The summed E-state index contributed by atoms with van der Waals surface area (Å²) in [5, 5.41) is 17.8. The van der Waals surface area contributed by atoms with E-state index in [1.165, 1.54) is 18.3 Å². The summed E-state index contributed by atoms with van der Waals surface area (Å²) in [5.74, 6) is -1.70. The molecule has 7 heteroatoms. The maximum absolute atomic E-state index is 13.7. The van der Waals surface area contributed by atoms with Crippen molar-refractivity contribution >= 4 is 18.4 Å². The molecule has 18 heavy (non-hydrogen) atoms. The Labute approximate surface area is 102 Å². The fraction of sp³-hybridized carbons (Fsp3) is 0. The molecular weight excluding hydrogens is 241 g/mol. The zero-order valence-corrected chi connectivity index (χ0v) is 9.14. The predicted octanol–water partition coefficient (Wildman–Crippen LogP) is 0.289. The Morgan fingerprint density at radius 3 is 2.39 bits per heavy atom. The van der Waals surface area contributed by atoms with E-state index in [1.54, 1.807) is 0 Å². The minimum absolute atomic E-state index is 0.0140. The minimum Gasteiger partial charge on any atom is -0.423 e. The van der Waals surface area contributed by atoms with Crippen LogP contribution in [0, 0.1) is 11.6 Å². The van der Waals surface area contributed by atoms with Gasteiger partial charge in [-0.2, -0.15) is 0 Å². The molecule has 0 amide bonds. The van der Waals surface area contributed by atoms with E-state index in [0.717, 1.165) is 12.1 Å². The van der Waals surface area contributed by atoms with Crippen LogP contribution in [-0.4, -0.2) is 22.2 Å². The number of aromatic nitrogens is 1. The molecule has 1 aromatic heterocycles. The van der Waals surface area contributed by atoms with E-state index in [9.17, 15) is 8.78 Å². The first-order valence-corrected chi connectivity index (χ1v) is 5.06. The fourth-order valence-electron chi connectivity index (χ4n) is 1.52. The largest absolute Gasteiger partial charge is 0.488 e. The Hall–Kier alpha value is -1.99. The SMILES string of the molecule is Nc1ncc(-c2ccc(B(O)O)cc2F)cc1F. The molecule has 0 aliphatic carbocycles. The maximum atomic E-state index is 13.7. The van der Waals surface area contributed by atoms with Crippen LogP contribution in [0.4, 0.5) is 14.6 Å². The maximum Gasteiger partial charge on any atom is 0.488 e. The van der Waals surface area contributed by atoms with Crippen LogP contribution < -0.4 is 11.2 Å². The van der Waals surface area contributed by atoms with Crippen LogP contribution in [0.1, 0.15) is 0 Å². The first kappa shape index (κ1) is 12.5. The number of pyridine rings is 1. The molecule has 4 nitrogen and oxygen atoms in total. The predicted molar refractivity (Wildman–Crippen MR) is 63.8 cm³/mol. The van der Waals surface area contributed by atoms with Crippen molar-refractivity contribution in [1.82, 2.24) is 4.98 Å². The number of hydrogen-bond donors (Lipinski definition) is 3. The van der Waals surface area contributed by atoms with E-state index in [-0.39, 0.29) is 22.4 Å². The van der Waals surface area contributed by atoms with E-state index in [4.69, 9.17) is 15.8 Å². The van der Waals surface area contributed by atoms with Gasteiger partial charge in [0.1, 0.15) is 5.82 Å². The average Bonchev–Trinajstić information content (AvgIpc) is 2.32. The molecule has 0 radical (unpaired) electrons. The van der Waals surface area contributed by atoms with Crippen LogP contribution in [0.2, 0.25) is 0 Å². The lowest BCUT2D eigenvalue weighted by molar-refractivity contribution is 0.425. The number of nitrogens with two attached hydrogens (primary N) is 1. The molecule has 0 saturated heterocycles. The minimum atomic E-state index is -1.75. The van der Waals surface area contributed by atoms with Gasteiger partial charge in [0.2, 0.25) is 0 Å². The average molecular weight is 250 g/mol. The fourth-order valence-corrected chi connectivity index (χ4v) is 1.52. The molecular formula is C11H9BF2N2O2. The van der Waals surface area contributed by atoms with E-state index in [2.05, 4.69) is 4.98 Å². The number of halogens is 2. The van der Waals surface area contributed by atoms with E-state index in [0.29, 0.717) is 0 Å². The molecule has 0 spiro atoms. The third-order valence-corrected chi connectivity index (χ3v) is 2.47. The van der Waals surface area contributed by atoms with Crippen molar-refractivity contribution in [2.75, 3.05) is 5.73 Å². The molecule has 4 N–H and O–H groups in total. The van der Waals surface area contributed by atoms with Gasteiger partial charge < -0.3 is 15.8 Å². The molecule has 1 aromatic carbocycles. The normalized spacial score (nSPS) is 10.4. The monoisotopic (exact) mass is 250 g/mol. The highest BCUT2D eigenvalue weighted by atomic mass is 19.1. The summed E-state index contributed by atoms with van der Waals surface area (Å²) in [6.07, 6.45) is 1.24. The van der Waals surface area contributed by atoms with Crippen molar-refractivity contribution < 1.29 is 18.8 Å². The van der Waals surface area contributed by atoms with Crippen LogP contribution in [0.25, 0.3) is 11.1 Å². The standard InChI is InChI=1S/C11H9BF2N2O2/c13-9-4-7(12(17)18)1-2-8(9)6-3-10(14)11(15)16-5-6/h1-5,17-18H,(H2,15,16). The van der Waals surface area contributed by atoms with Crippen molar-refractivity contribution in [2.24, 2.45) is 0 Å². The topological polar surface area (TPSA) is 79.4 Å². The summed E-state index contributed by atoms with van der Waals surface area (Å²) in [6.45, 7) is 0. The summed E-state index contributed by atoms with van der Waals surface area (Å²) >= 11 is 0. The van der Waals surface area contributed by atoms with Crippen molar-refractivity contribution in [3.8, 4) is 11.1 Å². The molecule has 0 aliphatic rings. The molecule has 1 heterocycles. The zero-order chi connectivity index (χ0) is 13.3. The van der Waals surface area contributed by atoms with Gasteiger partial charge in [-0.3, -0.25) is 0 Å². The van der Waals surface area contributed by atoms with Gasteiger partial charge in [-0.05, 0) is 17.6 Å². The number of nitrogen functional groups attached to an aromatic ring is 1. The lowest BCUT2D eigenvalue weighted by Gasteiger charge is -2.06. The van der Waals surface area contributed by atoms with Gasteiger partial charge in [-0.25, -0.2) is 13.8 Å². The number of nitrogens with zero attached hydrogens (tertiary/aromatic N) is 1. The Morgan fingerprint density at radius 2 is 1.83 bits per heavy atom. The number of hydrogen-bond acceptors (Lipinski definition) is 4. The highest BCUT2D eigenvalue weighted by molar-refractivity contribution is 6.58. The van der Waals surface area contributed by atoms with Crippen LogP contribution in [0.5, 0.6) is 0 Å².